The molecule has 6 nitrogen and oxygen atoms in total. The summed E-state index contributed by atoms with van der Waals surface area (Å²) in [5.41, 5.74) is 0.680. The molecule has 10 heteroatoms. The number of benzene rings is 1. The van der Waals surface area contributed by atoms with E-state index in [4.69, 9.17) is 26.1 Å². The Hall–Kier alpha value is -1.94. The van der Waals surface area contributed by atoms with Gasteiger partial charge in [-0.05, 0) is 44.4 Å². The molecule has 1 fully saturated rings. The van der Waals surface area contributed by atoms with Gasteiger partial charge in [-0.1, -0.05) is 29.4 Å². The molecule has 0 aliphatic carbocycles. The maximum atomic E-state index is 14.3. The van der Waals surface area contributed by atoms with E-state index in [1.807, 2.05) is 0 Å². The zero-order valence-corrected chi connectivity index (χ0v) is 20.0. The first-order chi connectivity index (χ1) is 15.4. The van der Waals surface area contributed by atoms with Crippen molar-refractivity contribution in [3.05, 3.63) is 55.4 Å². The molecule has 1 saturated heterocycles. The number of nitrogens with zero attached hydrogens (tertiary/aromatic N) is 2. The number of fused-ring (bicyclic) bond motifs is 1. The van der Waals surface area contributed by atoms with Gasteiger partial charge in [0.1, 0.15) is 15.5 Å². The first-order valence-corrected chi connectivity index (χ1v) is 12.5. The van der Waals surface area contributed by atoms with E-state index in [-0.39, 0.29) is 24.0 Å². The standard InChI is InChI=1S/C22H22ClFN2O4S2/c1-3-29-21(28)18-12(2)17-19(32-18)25-22(26(20(17)27)10-13-6-5-9-30-13)31-11-14-15(23)7-4-8-16(14)24/h4,7-8,13H,3,5-6,9-11H2,1-2H3. The van der Waals surface area contributed by atoms with Crippen molar-refractivity contribution in [2.24, 2.45) is 0 Å². The molecule has 0 saturated carbocycles. The fraction of sp³-hybridized carbons (Fsp3) is 0.409. The molecule has 1 aliphatic heterocycles. The maximum Gasteiger partial charge on any atom is 0.348 e. The predicted molar refractivity (Wildman–Crippen MR) is 125 cm³/mol. The fourth-order valence-electron chi connectivity index (χ4n) is 3.66. The van der Waals surface area contributed by atoms with Crippen molar-refractivity contribution >= 4 is 50.9 Å². The lowest BCUT2D eigenvalue weighted by molar-refractivity contribution is 0.0531. The van der Waals surface area contributed by atoms with Crippen LogP contribution in [0.2, 0.25) is 5.02 Å². The Morgan fingerprint density at radius 3 is 2.97 bits per heavy atom. The molecule has 0 spiro atoms. The van der Waals surface area contributed by atoms with Crippen LogP contribution in [0.15, 0.2) is 28.2 Å². The summed E-state index contributed by atoms with van der Waals surface area (Å²) in [5, 5.41) is 1.17. The van der Waals surface area contributed by atoms with Crippen LogP contribution in [0.3, 0.4) is 0 Å². The van der Waals surface area contributed by atoms with Gasteiger partial charge < -0.3 is 9.47 Å². The molecule has 0 radical (unpaired) electrons. The van der Waals surface area contributed by atoms with E-state index in [0.717, 1.165) is 24.2 Å². The molecule has 1 aromatic carbocycles. The molecular formula is C22H22ClFN2O4S2. The average molecular weight is 497 g/mol. The van der Waals surface area contributed by atoms with E-state index in [0.29, 0.717) is 49.6 Å². The maximum absolute atomic E-state index is 14.3. The summed E-state index contributed by atoms with van der Waals surface area (Å²) in [4.78, 5) is 31.4. The third-order valence-electron chi connectivity index (χ3n) is 5.29. The van der Waals surface area contributed by atoms with Gasteiger partial charge in [-0.15, -0.1) is 11.3 Å². The van der Waals surface area contributed by atoms with Crippen molar-refractivity contribution in [1.29, 1.82) is 0 Å². The quantitative estimate of drug-likeness (QED) is 0.254. The van der Waals surface area contributed by atoms with E-state index in [1.165, 1.54) is 17.8 Å². The second kappa shape index (κ2) is 9.91. The van der Waals surface area contributed by atoms with Gasteiger partial charge in [-0.25, -0.2) is 14.2 Å². The largest absolute Gasteiger partial charge is 0.462 e. The van der Waals surface area contributed by atoms with Gasteiger partial charge in [-0.3, -0.25) is 9.36 Å². The molecule has 1 unspecified atom stereocenters. The lowest BCUT2D eigenvalue weighted by atomic mass is 10.2. The van der Waals surface area contributed by atoms with E-state index in [1.54, 1.807) is 30.5 Å². The van der Waals surface area contributed by atoms with Gasteiger partial charge in [0, 0.05) is 22.9 Å². The van der Waals surface area contributed by atoms with Gasteiger partial charge in [0.2, 0.25) is 0 Å². The van der Waals surface area contributed by atoms with Crippen LogP contribution in [-0.4, -0.2) is 34.8 Å². The number of hydrogen-bond donors (Lipinski definition) is 0. The Morgan fingerprint density at radius 1 is 1.47 bits per heavy atom. The summed E-state index contributed by atoms with van der Waals surface area (Å²) in [6.07, 6.45) is 1.70. The molecule has 0 N–H and O–H groups in total. The van der Waals surface area contributed by atoms with E-state index in [9.17, 15) is 14.0 Å². The van der Waals surface area contributed by atoms with Crippen LogP contribution in [0, 0.1) is 12.7 Å². The Kier molecular flexibility index (Phi) is 7.19. The number of aryl methyl sites for hydroxylation is 1. The van der Waals surface area contributed by atoms with Gasteiger partial charge in [0.05, 0.1) is 24.6 Å². The molecule has 32 heavy (non-hydrogen) atoms. The summed E-state index contributed by atoms with van der Waals surface area (Å²) in [7, 11) is 0. The van der Waals surface area contributed by atoms with Crippen molar-refractivity contribution in [3.63, 3.8) is 0 Å². The highest BCUT2D eigenvalue weighted by atomic mass is 35.5. The number of halogens is 2. The third kappa shape index (κ3) is 4.57. The van der Waals surface area contributed by atoms with Crippen molar-refractivity contribution < 1.29 is 18.7 Å². The normalized spacial score (nSPS) is 16.1. The minimum atomic E-state index is -0.467. The Morgan fingerprint density at radius 2 is 2.28 bits per heavy atom. The fourth-order valence-corrected chi connectivity index (χ4v) is 6.13. The van der Waals surface area contributed by atoms with Crippen molar-refractivity contribution in [3.8, 4) is 0 Å². The van der Waals surface area contributed by atoms with Gasteiger partial charge in [0.15, 0.2) is 5.16 Å². The molecule has 3 heterocycles. The minimum Gasteiger partial charge on any atom is -0.462 e. The molecular weight excluding hydrogens is 475 g/mol. The predicted octanol–water partition coefficient (Wildman–Crippen LogP) is 5.21. The molecule has 0 amide bonds. The van der Waals surface area contributed by atoms with Gasteiger partial charge in [-0.2, -0.15) is 0 Å². The molecule has 1 atom stereocenters. The minimum absolute atomic E-state index is 0.0909. The van der Waals surface area contributed by atoms with E-state index in [2.05, 4.69) is 0 Å². The van der Waals surface area contributed by atoms with Crippen LogP contribution < -0.4 is 5.56 Å². The molecule has 170 valence electrons. The average Bonchev–Trinajstić information content (AvgIpc) is 3.38. The van der Waals surface area contributed by atoms with E-state index < -0.39 is 11.8 Å². The van der Waals surface area contributed by atoms with Crippen molar-refractivity contribution in [2.75, 3.05) is 13.2 Å². The molecule has 2 aromatic heterocycles. The lowest BCUT2D eigenvalue weighted by Crippen LogP contribution is -2.28. The Bertz CT molecular complexity index is 1200. The number of rotatable bonds is 7. The Labute approximate surface area is 197 Å². The molecule has 0 bridgehead atoms. The summed E-state index contributed by atoms with van der Waals surface area (Å²) in [6, 6.07) is 4.53. The number of carbonyl (C=O) groups excluding carboxylic acids is 1. The van der Waals surface area contributed by atoms with Crippen LogP contribution in [0.25, 0.3) is 10.2 Å². The highest BCUT2D eigenvalue weighted by Crippen LogP contribution is 2.32. The van der Waals surface area contributed by atoms with Crippen LogP contribution >= 0.6 is 34.7 Å². The highest BCUT2D eigenvalue weighted by molar-refractivity contribution is 7.98. The van der Waals surface area contributed by atoms with Crippen LogP contribution in [0.1, 0.15) is 40.6 Å². The molecule has 4 rings (SSSR count). The SMILES string of the molecule is CCOC(=O)c1sc2nc(SCc3c(F)cccc3Cl)n(CC3CCCO3)c(=O)c2c1C. The van der Waals surface area contributed by atoms with Crippen molar-refractivity contribution in [2.45, 2.75) is 50.2 Å². The van der Waals surface area contributed by atoms with Crippen LogP contribution in [0.5, 0.6) is 0 Å². The lowest BCUT2D eigenvalue weighted by Gasteiger charge is -2.16. The van der Waals surface area contributed by atoms with Crippen LogP contribution in [0.4, 0.5) is 4.39 Å². The Balaban J connectivity index is 1.78. The number of carbonyl (C=O) groups is 1. The number of aromatic nitrogens is 2. The summed E-state index contributed by atoms with van der Waals surface area (Å²) >= 11 is 8.55. The van der Waals surface area contributed by atoms with Crippen LogP contribution in [-0.2, 0) is 21.8 Å². The smallest absolute Gasteiger partial charge is 0.348 e. The second-order valence-corrected chi connectivity index (χ2v) is 9.74. The highest BCUT2D eigenvalue weighted by Gasteiger charge is 2.25. The monoisotopic (exact) mass is 496 g/mol. The number of thiophene rings is 1. The van der Waals surface area contributed by atoms with Gasteiger partial charge in [0.25, 0.3) is 5.56 Å². The molecule has 1 aliphatic rings. The van der Waals surface area contributed by atoms with E-state index >= 15 is 0 Å². The first kappa shape index (κ1) is 23.2. The first-order valence-electron chi connectivity index (χ1n) is 10.3. The van der Waals surface area contributed by atoms with Gasteiger partial charge >= 0.3 is 5.97 Å². The number of ether oxygens (including phenoxy) is 2. The number of esters is 1. The third-order valence-corrected chi connectivity index (χ3v) is 7.82. The zero-order chi connectivity index (χ0) is 22.8. The summed E-state index contributed by atoms with van der Waals surface area (Å²) in [5.74, 6) is -0.662. The summed E-state index contributed by atoms with van der Waals surface area (Å²) < 4.78 is 26.7. The summed E-state index contributed by atoms with van der Waals surface area (Å²) in [6.45, 7) is 4.71. The number of thioether (sulfide) groups is 1. The second-order valence-electron chi connectivity index (χ2n) is 7.39. The number of hydrogen-bond acceptors (Lipinski definition) is 7. The van der Waals surface area contributed by atoms with Crippen molar-refractivity contribution in [1.82, 2.24) is 9.55 Å². The molecule has 3 aromatic rings. The topological polar surface area (TPSA) is 70.4 Å². The zero-order valence-electron chi connectivity index (χ0n) is 17.7.